The minimum absolute atomic E-state index is 0.00755. The van der Waals surface area contributed by atoms with Crippen LogP contribution in [0.4, 0.5) is 0 Å². The van der Waals surface area contributed by atoms with Crippen molar-refractivity contribution in [3.63, 3.8) is 0 Å². The Labute approximate surface area is 186 Å². The molecule has 0 radical (unpaired) electrons. The maximum atomic E-state index is 12.8. The Morgan fingerprint density at radius 1 is 0.750 bits per heavy atom. The second kappa shape index (κ2) is 8.06. The van der Waals surface area contributed by atoms with Crippen LogP contribution in [0.15, 0.2) is 82.2 Å². The quantitative estimate of drug-likeness (QED) is 0.634. The van der Waals surface area contributed by atoms with Gasteiger partial charge in [0.2, 0.25) is 0 Å². The Kier molecular flexibility index (Phi) is 5.21. The molecule has 0 saturated heterocycles. The summed E-state index contributed by atoms with van der Waals surface area (Å²) < 4.78 is 36.3. The molecule has 0 saturated carbocycles. The highest BCUT2D eigenvalue weighted by molar-refractivity contribution is 7.87. The van der Waals surface area contributed by atoms with Crippen molar-refractivity contribution in [1.82, 2.24) is 0 Å². The van der Waals surface area contributed by atoms with Crippen LogP contribution >= 0.6 is 0 Å². The monoisotopic (exact) mass is 450 g/mol. The first kappa shape index (κ1) is 20.7. The summed E-state index contributed by atoms with van der Waals surface area (Å²) in [6.45, 7) is 0. The number of benzene rings is 2. The van der Waals surface area contributed by atoms with Crippen LogP contribution in [0.5, 0.6) is 5.75 Å². The van der Waals surface area contributed by atoms with Crippen molar-refractivity contribution < 1.29 is 26.9 Å². The van der Waals surface area contributed by atoms with Crippen LogP contribution in [0.2, 0.25) is 0 Å². The van der Waals surface area contributed by atoms with Crippen LogP contribution in [-0.4, -0.2) is 20.0 Å². The maximum absolute atomic E-state index is 12.8. The minimum Gasteiger partial charge on any atom is -0.465 e. The van der Waals surface area contributed by atoms with Crippen molar-refractivity contribution in [2.24, 2.45) is 0 Å². The van der Waals surface area contributed by atoms with E-state index in [0.717, 1.165) is 18.4 Å². The van der Waals surface area contributed by atoms with E-state index in [2.05, 4.69) is 0 Å². The van der Waals surface area contributed by atoms with Crippen LogP contribution in [0, 0.1) is 0 Å². The highest BCUT2D eigenvalue weighted by atomic mass is 32.2. The van der Waals surface area contributed by atoms with Gasteiger partial charge in [0.15, 0.2) is 11.6 Å². The van der Waals surface area contributed by atoms with E-state index in [1.54, 1.807) is 42.5 Å². The Morgan fingerprint density at radius 3 is 1.88 bits per heavy atom. The van der Waals surface area contributed by atoms with Crippen molar-refractivity contribution in [1.29, 1.82) is 0 Å². The van der Waals surface area contributed by atoms with E-state index in [0.29, 0.717) is 48.3 Å². The first-order valence-corrected chi connectivity index (χ1v) is 12.1. The molecule has 3 aliphatic rings. The third-order valence-corrected chi connectivity index (χ3v) is 7.35. The van der Waals surface area contributed by atoms with E-state index in [1.165, 1.54) is 12.1 Å². The summed E-state index contributed by atoms with van der Waals surface area (Å²) in [5, 5.41) is 0. The summed E-state index contributed by atoms with van der Waals surface area (Å²) in [6, 6.07) is 14.5. The summed E-state index contributed by atoms with van der Waals surface area (Å²) >= 11 is 0. The number of ketones is 2. The average Bonchev–Trinajstić information content (AvgIpc) is 2.79. The van der Waals surface area contributed by atoms with Crippen molar-refractivity contribution in [3.05, 3.63) is 82.8 Å². The number of hydrogen-bond acceptors (Lipinski definition) is 6. The first-order chi connectivity index (χ1) is 15.4. The topological polar surface area (TPSA) is 86.7 Å². The number of carbonyl (C=O) groups excluding carboxylic acids is 2. The second-order valence-corrected chi connectivity index (χ2v) is 9.73. The van der Waals surface area contributed by atoms with Gasteiger partial charge in [-0.2, -0.15) is 8.42 Å². The zero-order valence-corrected chi connectivity index (χ0v) is 18.2. The normalized spacial score (nSPS) is 19.4. The van der Waals surface area contributed by atoms with Crippen LogP contribution in [0.3, 0.4) is 0 Å². The molecule has 1 heterocycles. The number of hydrogen-bond donors (Lipinski definition) is 0. The maximum Gasteiger partial charge on any atom is 0.339 e. The molecule has 6 nitrogen and oxygen atoms in total. The second-order valence-electron chi connectivity index (χ2n) is 8.18. The molecular weight excluding hydrogens is 428 g/mol. The lowest BCUT2D eigenvalue weighted by Gasteiger charge is -2.36. The molecule has 0 unspecified atom stereocenters. The van der Waals surface area contributed by atoms with Crippen molar-refractivity contribution in [2.45, 2.75) is 49.3 Å². The van der Waals surface area contributed by atoms with Crippen LogP contribution in [-0.2, 0) is 24.4 Å². The predicted octanol–water partition coefficient (Wildman–Crippen LogP) is 4.58. The molecule has 0 atom stereocenters. The molecule has 2 aromatic carbocycles. The predicted molar refractivity (Wildman–Crippen MR) is 116 cm³/mol. The molecule has 32 heavy (non-hydrogen) atoms. The molecular formula is C25H22O6S. The largest absolute Gasteiger partial charge is 0.465 e. The molecule has 164 valence electrons. The average molecular weight is 451 g/mol. The van der Waals surface area contributed by atoms with Crippen LogP contribution in [0.25, 0.3) is 0 Å². The van der Waals surface area contributed by atoms with Gasteiger partial charge in [0.25, 0.3) is 0 Å². The summed E-state index contributed by atoms with van der Waals surface area (Å²) in [6.07, 6.45) is 3.71. The smallest absolute Gasteiger partial charge is 0.339 e. The van der Waals surface area contributed by atoms with Crippen molar-refractivity contribution in [2.75, 3.05) is 0 Å². The van der Waals surface area contributed by atoms with E-state index < -0.39 is 16.0 Å². The third kappa shape index (κ3) is 3.66. The molecule has 0 fully saturated rings. The number of rotatable bonds is 4. The molecule has 0 bridgehead atoms. The summed E-state index contributed by atoms with van der Waals surface area (Å²) in [5.41, 5.74) is 1.88. The van der Waals surface area contributed by atoms with Gasteiger partial charge in [0.1, 0.15) is 22.2 Å². The molecule has 2 aromatic rings. The van der Waals surface area contributed by atoms with Gasteiger partial charge in [-0.15, -0.1) is 0 Å². The Morgan fingerprint density at radius 2 is 1.31 bits per heavy atom. The lowest BCUT2D eigenvalue weighted by molar-refractivity contribution is -0.117. The van der Waals surface area contributed by atoms with Crippen molar-refractivity contribution >= 4 is 21.7 Å². The summed E-state index contributed by atoms with van der Waals surface area (Å²) in [4.78, 5) is 25.7. The highest BCUT2D eigenvalue weighted by Gasteiger charge is 2.41. The summed E-state index contributed by atoms with van der Waals surface area (Å²) in [7, 11) is -3.95. The number of Topliss-reactive ketones (excluding diaryl/α,β-unsaturated/α-hetero) is 2. The molecule has 0 aromatic heterocycles. The molecule has 7 heteroatoms. The van der Waals surface area contributed by atoms with Gasteiger partial charge >= 0.3 is 10.1 Å². The van der Waals surface area contributed by atoms with Gasteiger partial charge in [-0.25, -0.2) is 0 Å². The van der Waals surface area contributed by atoms with Gasteiger partial charge in [-0.3, -0.25) is 9.59 Å². The molecule has 5 rings (SSSR count). The zero-order chi connectivity index (χ0) is 22.3. The number of carbonyl (C=O) groups is 2. The van der Waals surface area contributed by atoms with Crippen LogP contribution < -0.4 is 4.18 Å². The van der Waals surface area contributed by atoms with E-state index in [1.807, 2.05) is 0 Å². The molecule has 0 N–H and O–H groups in total. The fourth-order valence-electron chi connectivity index (χ4n) is 4.63. The zero-order valence-electron chi connectivity index (χ0n) is 17.4. The van der Waals surface area contributed by atoms with E-state index in [-0.39, 0.29) is 22.2 Å². The Hall–Kier alpha value is -3.19. The Balaban J connectivity index is 1.50. The van der Waals surface area contributed by atoms with Gasteiger partial charge < -0.3 is 8.92 Å². The lowest BCUT2D eigenvalue weighted by atomic mass is 9.73. The molecule has 2 aliphatic carbocycles. The molecule has 0 spiro atoms. The van der Waals surface area contributed by atoms with Gasteiger partial charge in [-0.05, 0) is 42.7 Å². The first-order valence-electron chi connectivity index (χ1n) is 10.7. The minimum atomic E-state index is -3.95. The number of ether oxygens (including phenoxy) is 1. The fourth-order valence-corrected chi connectivity index (χ4v) is 5.58. The molecule has 1 aliphatic heterocycles. The highest BCUT2D eigenvalue weighted by Crippen LogP contribution is 2.47. The van der Waals surface area contributed by atoms with E-state index >= 15 is 0 Å². The van der Waals surface area contributed by atoms with Crippen LogP contribution in [0.1, 0.15) is 50.0 Å². The molecule has 0 amide bonds. The third-order valence-electron chi connectivity index (χ3n) is 6.09. The van der Waals surface area contributed by atoms with Gasteiger partial charge in [-0.1, -0.05) is 30.3 Å². The van der Waals surface area contributed by atoms with Gasteiger partial charge in [0, 0.05) is 42.7 Å². The lowest BCUT2D eigenvalue weighted by Crippen LogP contribution is -2.30. The van der Waals surface area contributed by atoms with E-state index in [4.69, 9.17) is 8.92 Å². The van der Waals surface area contributed by atoms with Crippen molar-refractivity contribution in [3.8, 4) is 5.75 Å². The SMILES string of the molecule is O=C1CCCC2=C1C(c1ccc(OS(=O)(=O)c3ccccc3)cc1)C1=C(CCCC1=O)O2. The number of allylic oxidation sites excluding steroid dienone is 4. The fraction of sp³-hybridized carbons (Fsp3) is 0.280. The summed E-state index contributed by atoms with van der Waals surface area (Å²) in [5.74, 6) is 1.05. The van der Waals surface area contributed by atoms with E-state index in [9.17, 15) is 18.0 Å². The van der Waals surface area contributed by atoms with Gasteiger partial charge in [0.05, 0.1) is 0 Å². The Bertz CT molecular complexity index is 1210. The standard InChI is InChI=1S/C25H22O6S/c26-19-8-4-10-21-24(19)23(25-20(27)9-5-11-22(25)30-21)16-12-14-17(15-13-16)31-32(28,29)18-6-2-1-3-7-18/h1-3,6-7,12-15,23H,4-5,8-11H2.